The first-order valence-corrected chi connectivity index (χ1v) is 8.94. The third kappa shape index (κ3) is 3.53. The number of aromatic amines is 1. The standard InChI is InChI=1S/C17H12BrN3O5S/c1-2-26-14-6-3-9(7-13(14)21(24)25)15(22)20-16(23)11-8-10(18)4-5-12(11)19-17(20)27/h3-8H,2H2,1H3,(H,19,27). The molecule has 1 aromatic heterocycles. The van der Waals surface area contributed by atoms with Crippen LogP contribution in [-0.4, -0.2) is 27.0 Å². The van der Waals surface area contributed by atoms with Gasteiger partial charge in [0.05, 0.1) is 22.4 Å². The molecule has 0 aliphatic heterocycles. The number of fused-ring (bicyclic) bond motifs is 1. The molecule has 0 aliphatic carbocycles. The van der Waals surface area contributed by atoms with Crippen molar-refractivity contribution in [3.8, 4) is 5.75 Å². The minimum Gasteiger partial charge on any atom is -0.487 e. The van der Waals surface area contributed by atoms with Gasteiger partial charge in [0.25, 0.3) is 11.5 Å². The van der Waals surface area contributed by atoms with Gasteiger partial charge in [-0.2, -0.15) is 0 Å². The molecule has 1 heterocycles. The number of benzene rings is 2. The van der Waals surface area contributed by atoms with Gasteiger partial charge in [0.15, 0.2) is 10.5 Å². The van der Waals surface area contributed by atoms with Crippen LogP contribution in [0, 0.1) is 14.9 Å². The van der Waals surface area contributed by atoms with E-state index in [1.807, 2.05) is 0 Å². The third-order valence-corrected chi connectivity index (χ3v) is 4.54. The van der Waals surface area contributed by atoms with Gasteiger partial charge in [-0.25, -0.2) is 4.57 Å². The number of nitrogens with zero attached hydrogens (tertiary/aromatic N) is 2. The molecular weight excluding hydrogens is 438 g/mol. The number of ether oxygens (including phenoxy) is 1. The first kappa shape index (κ1) is 18.9. The molecule has 0 saturated carbocycles. The summed E-state index contributed by atoms with van der Waals surface area (Å²) in [5, 5.41) is 11.5. The highest BCUT2D eigenvalue weighted by atomic mass is 79.9. The number of hydrogen-bond acceptors (Lipinski definition) is 6. The Morgan fingerprint density at radius 3 is 2.74 bits per heavy atom. The predicted molar refractivity (Wildman–Crippen MR) is 105 cm³/mol. The molecule has 0 bridgehead atoms. The van der Waals surface area contributed by atoms with E-state index in [-0.39, 0.29) is 33.8 Å². The molecule has 2 aromatic carbocycles. The Morgan fingerprint density at radius 2 is 2.07 bits per heavy atom. The zero-order valence-electron chi connectivity index (χ0n) is 13.9. The Labute approximate surface area is 165 Å². The van der Waals surface area contributed by atoms with Crippen molar-refractivity contribution in [1.29, 1.82) is 0 Å². The molecule has 1 N–H and O–H groups in total. The molecule has 0 aliphatic rings. The number of H-pyrrole nitrogens is 1. The van der Waals surface area contributed by atoms with Crippen LogP contribution in [0.5, 0.6) is 5.75 Å². The van der Waals surface area contributed by atoms with E-state index in [0.29, 0.717) is 9.99 Å². The number of carbonyl (C=O) groups excluding carboxylic acids is 1. The highest BCUT2D eigenvalue weighted by Gasteiger charge is 2.21. The van der Waals surface area contributed by atoms with Crippen LogP contribution in [-0.2, 0) is 0 Å². The first-order chi connectivity index (χ1) is 12.8. The average Bonchev–Trinajstić information content (AvgIpc) is 2.62. The van der Waals surface area contributed by atoms with Gasteiger partial charge in [-0.1, -0.05) is 15.9 Å². The summed E-state index contributed by atoms with van der Waals surface area (Å²) in [7, 11) is 0. The van der Waals surface area contributed by atoms with Crippen LogP contribution in [0.25, 0.3) is 10.9 Å². The van der Waals surface area contributed by atoms with Crippen molar-refractivity contribution >= 4 is 50.6 Å². The van der Waals surface area contributed by atoms with E-state index >= 15 is 0 Å². The maximum Gasteiger partial charge on any atom is 0.311 e. The summed E-state index contributed by atoms with van der Waals surface area (Å²) in [5.74, 6) is -0.728. The lowest BCUT2D eigenvalue weighted by Crippen LogP contribution is -2.29. The predicted octanol–water partition coefficient (Wildman–Crippen LogP) is 3.82. The highest BCUT2D eigenvalue weighted by Crippen LogP contribution is 2.28. The quantitative estimate of drug-likeness (QED) is 0.368. The largest absolute Gasteiger partial charge is 0.487 e. The summed E-state index contributed by atoms with van der Waals surface area (Å²) in [5.41, 5.74) is -0.554. The first-order valence-electron chi connectivity index (χ1n) is 7.74. The molecule has 10 heteroatoms. The van der Waals surface area contributed by atoms with Crippen molar-refractivity contribution in [2.75, 3.05) is 6.61 Å². The zero-order chi connectivity index (χ0) is 19.7. The lowest BCUT2D eigenvalue weighted by molar-refractivity contribution is -0.385. The van der Waals surface area contributed by atoms with Crippen molar-refractivity contribution in [1.82, 2.24) is 9.55 Å². The van der Waals surface area contributed by atoms with Crippen molar-refractivity contribution in [2.45, 2.75) is 6.92 Å². The number of nitro benzene ring substituents is 1. The van der Waals surface area contributed by atoms with E-state index in [0.717, 1.165) is 10.6 Å². The number of nitro groups is 1. The van der Waals surface area contributed by atoms with Crippen molar-refractivity contribution < 1.29 is 14.5 Å². The fourth-order valence-electron chi connectivity index (χ4n) is 2.57. The maximum absolute atomic E-state index is 12.9. The van der Waals surface area contributed by atoms with Gasteiger partial charge < -0.3 is 9.72 Å². The van der Waals surface area contributed by atoms with E-state index in [4.69, 9.17) is 17.0 Å². The normalized spacial score (nSPS) is 10.7. The second kappa shape index (κ2) is 7.41. The summed E-state index contributed by atoms with van der Waals surface area (Å²) in [6.45, 7) is 1.92. The highest BCUT2D eigenvalue weighted by molar-refractivity contribution is 9.10. The monoisotopic (exact) mass is 449 g/mol. The van der Waals surface area contributed by atoms with Gasteiger partial charge in [-0.05, 0) is 49.5 Å². The van der Waals surface area contributed by atoms with E-state index in [1.54, 1.807) is 25.1 Å². The van der Waals surface area contributed by atoms with Crippen LogP contribution in [0.3, 0.4) is 0 Å². The van der Waals surface area contributed by atoms with Crippen LogP contribution in [0.15, 0.2) is 45.7 Å². The van der Waals surface area contributed by atoms with E-state index in [2.05, 4.69) is 20.9 Å². The van der Waals surface area contributed by atoms with Gasteiger partial charge in [-0.3, -0.25) is 19.7 Å². The van der Waals surface area contributed by atoms with Crippen LogP contribution >= 0.6 is 28.1 Å². The van der Waals surface area contributed by atoms with Crippen molar-refractivity contribution in [3.63, 3.8) is 0 Å². The van der Waals surface area contributed by atoms with Crippen molar-refractivity contribution in [2.24, 2.45) is 0 Å². The second-order valence-corrected chi connectivity index (χ2v) is 6.74. The Kier molecular flexibility index (Phi) is 5.19. The lowest BCUT2D eigenvalue weighted by Gasteiger charge is -2.09. The van der Waals surface area contributed by atoms with Crippen LogP contribution < -0.4 is 10.3 Å². The van der Waals surface area contributed by atoms with E-state index in [1.165, 1.54) is 12.1 Å². The molecule has 0 atom stereocenters. The number of carbonyl (C=O) groups is 1. The van der Waals surface area contributed by atoms with Gasteiger partial charge in [0.2, 0.25) is 0 Å². The molecule has 8 nitrogen and oxygen atoms in total. The van der Waals surface area contributed by atoms with E-state index < -0.39 is 16.4 Å². The number of nitrogens with one attached hydrogen (secondary N) is 1. The van der Waals surface area contributed by atoms with E-state index in [9.17, 15) is 19.7 Å². The van der Waals surface area contributed by atoms with Crippen LogP contribution in [0.1, 0.15) is 17.3 Å². The summed E-state index contributed by atoms with van der Waals surface area (Å²) in [6, 6.07) is 8.70. The summed E-state index contributed by atoms with van der Waals surface area (Å²) < 4.78 is 6.54. The van der Waals surface area contributed by atoms with Gasteiger partial charge in [0.1, 0.15) is 0 Å². The molecule has 0 fully saturated rings. The zero-order valence-corrected chi connectivity index (χ0v) is 16.3. The number of hydrogen-bond donors (Lipinski definition) is 1. The fraction of sp³-hybridized carbons (Fsp3) is 0.118. The Morgan fingerprint density at radius 1 is 1.33 bits per heavy atom. The minimum absolute atomic E-state index is 0.0407. The molecule has 3 aromatic rings. The molecular formula is C17H12BrN3O5S. The van der Waals surface area contributed by atoms with Crippen LogP contribution in [0.4, 0.5) is 5.69 Å². The number of halogens is 1. The number of aromatic nitrogens is 2. The smallest absolute Gasteiger partial charge is 0.311 e. The minimum atomic E-state index is -0.769. The van der Waals surface area contributed by atoms with Crippen molar-refractivity contribution in [3.05, 3.63) is 71.7 Å². The number of rotatable bonds is 4. The van der Waals surface area contributed by atoms with Gasteiger partial charge in [0, 0.05) is 16.1 Å². The molecule has 0 radical (unpaired) electrons. The summed E-state index contributed by atoms with van der Waals surface area (Å²) in [4.78, 5) is 39.1. The third-order valence-electron chi connectivity index (χ3n) is 3.77. The fourth-order valence-corrected chi connectivity index (χ4v) is 3.21. The molecule has 27 heavy (non-hydrogen) atoms. The Hall–Kier alpha value is -2.85. The van der Waals surface area contributed by atoms with Crippen LogP contribution in [0.2, 0.25) is 0 Å². The molecule has 138 valence electrons. The summed E-state index contributed by atoms with van der Waals surface area (Å²) >= 11 is 8.42. The molecule has 0 unspecified atom stereocenters. The molecule has 0 amide bonds. The SMILES string of the molecule is CCOc1ccc(C(=O)n2c(=S)[nH]c3ccc(Br)cc3c2=O)cc1[N+](=O)[O-]. The van der Waals surface area contributed by atoms with Gasteiger partial charge >= 0.3 is 5.69 Å². The molecule has 3 rings (SSSR count). The average molecular weight is 450 g/mol. The lowest BCUT2D eigenvalue weighted by atomic mass is 10.1. The Balaban J connectivity index is 2.19. The second-order valence-electron chi connectivity index (χ2n) is 5.44. The molecule has 0 spiro atoms. The maximum atomic E-state index is 12.9. The molecule has 0 saturated heterocycles. The summed E-state index contributed by atoms with van der Waals surface area (Å²) in [6.07, 6.45) is 0. The Bertz CT molecular complexity index is 1200. The topological polar surface area (TPSA) is 107 Å². The van der Waals surface area contributed by atoms with Gasteiger partial charge in [-0.15, -0.1) is 0 Å².